The minimum atomic E-state index is 0. The van der Waals surface area contributed by atoms with Gasteiger partial charge in [-0.25, -0.2) is 0 Å². The van der Waals surface area contributed by atoms with Crippen molar-refractivity contribution in [3.8, 4) is 0 Å². The molecule has 0 atom stereocenters. The molecule has 0 spiro atoms. The van der Waals surface area contributed by atoms with Gasteiger partial charge in [0.25, 0.3) is 0 Å². The smallest absolute Gasteiger partial charge is 0.422 e. The van der Waals surface area contributed by atoms with Crippen LogP contribution in [-0.4, -0.2) is 3.53 Å². The number of rotatable bonds is 1. The van der Waals surface area contributed by atoms with Gasteiger partial charge in [0.1, 0.15) is 0 Å². The molecular formula is C9H9NaS3. The van der Waals surface area contributed by atoms with Crippen LogP contribution >= 0.6 is 24.0 Å². The van der Waals surface area contributed by atoms with Crippen LogP contribution in [0.5, 0.6) is 0 Å². The van der Waals surface area contributed by atoms with Gasteiger partial charge >= 0.3 is 29.6 Å². The van der Waals surface area contributed by atoms with Crippen molar-refractivity contribution in [2.75, 3.05) is 0 Å². The molecule has 1 aromatic rings. The fourth-order valence-electron chi connectivity index (χ4n) is 1.00. The van der Waals surface area contributed by atoms with E-state index in [9.17, 15) is 0 Å². The zero-order chi connectivity index (χ0) is 9.14. The average Bonchev–Trinajstić information content (AvgIpc) is 1.94. The molecule has 13 heavy (non-hydrogen) atoms. The Morgan fingerprint density at radius 3 is 2.46 bits per heavy atom. The van der Waals surface area contributed by atoms with E-state index in [4.69, 9.17) is 24.8 Å². The van der Waals surface area contributed by atoms with Gasteiger partial charge in [-0.3, -0.25) is 0 Å². The maximum Gasteiger partial charge on any atom is 1.00 e. The van der Waals surface area contributed by atoms with Crippen LogP contribution in [-0.2, 0) is 12.6 Å². The molecule has 0 saturated carbocycles. The van der Waals surface area contributed by atoms with Crippen molar-refractivity contribution in [2.45, 2.75) is 18.7 Å². The molecule has 0 aliphatic carbocycles. The summed E-state index contributed by atoms with van der Waals surface area (Å²) in [4.78, 5) is 1.17. The SMILES string of the molecule is Cc1ccc(SC(=S)[S-])c(C)c1.[Na+]. The second-order valence-corrected chi connectivity index (χ2v) is 5.26. The van der Waals surface area contributed by atoms with Crippen molar-refractivity contribution in [1.82, 2.24) is 0 Å². The first kappa shape index (κ1) is 13.9. The van der Waals surface area contributed by atoms with Crippen LogP contribution in [0.15, 0.2) is 23.1 Å². The summed E-state index contributed by atoms with van der Waals surface area (Å²) in [6.45, 7) is 4.15. The van der Waals surface area contributed by atoms with Gasteiger partial charge in [0.15, 0.2) is 0 Å². The summed E-state index contributed by atoms with van der Waals surface area (Å²) < 4.78 is 0.557. The van der Waals surface area contributed by atoms with E-state index in [1.807, 2.05) is 0 Å². The van der Waals surface area contributed by atoms with Crippen molar-refractivity contribution < 1.29 is 29.6 Å². The van der Waals surface area contributed by atoms with E-state index in [2.05, 4.69) is 32.0 Å². The summed E-state index contributed by atoms with van der Waals surface area (Å²) in [6.07, 6.45) is 0. The van der Waals surface area contributed by atoms with Crippen LogP contribution < -0.4 is 29.6 Å². The molecule has 1 aromatic carbocycles. The molecule has 0 bridgehead atoms. The molecule has 0 fully saturated rings. The summed E-state index contributed by atoms with van der Waals surface area (Å²) in [6, 6.07) is 6.27. The number of aryl methyl sites for hydroxylation is 2. The molecule has 0 unspecified atom stereocenters. The Balaban J connectivity index is 0.00000144. The van der Waals surface area contributed by atoms with Crippen molar-refractivity contribution in [3.05, 3.63) is 29.3 Å². The number of hydrogen-bond acceptors (Lipinski definition) is 3. The molecule has 0 aliphatic heterocycles. The largest absolute Gasteiger partial charge is 1.00 e. The van der Waals surface area contributed by atoms with E-state index >= 15 is 0 Å². The summed E-state index contributed by atoms with van der Waals surface area (Å²) in [5.74, 6) is 0. The maximum absolute atomic E-state index is 4.85. The Morgan fingerprint density at radius 1 is 1.38 bits per heavy atom. The van der Waals surface area contributed by atoms with Gasteiger partial charge in [0.2, 0.25) is 0 Å². The molecule has 0 aliphatic rings. The fraction of sp³-hybridized carbons (Fsp3) is 0.222. The third kappa shape index (κ3) is 4.77. The van der Waals surface area contributed by atoms with Gasteiger partial charge in [0, 0.05) is 4.90 Å². The summed E-state index contributed by atoms with van der Waals surface area (Å²) in [7, 11) is 0. The predicted octanol–water partition coefficient (Wildman–Crippen LogP) is 0.231. The van der Waals surface area contributed by atoms with Crippen molar-refractivity contribution in [3.63, 3.8) is 0 Å². The van der Waals surface area contributed by atoms with Gasteiger partial charge in [-0.05, 0) is 25.5 Å². The van der Waals surface area contributed by atoms with Crippen LogP contribution in [0.4, 0.5) is 0 Å². The van der Waals surface area contributed by atoms with E-state index in [0.717, 1.165) is 0 Å². The summed E-state index contributed by atoms with van der Waals surface area (Å²) in [5, 5.41) is 0. The van der Waals surface area contributed by atoms with E-state index in [1.54, 1.807) is 0 Å². The Hall–Kier alpha value is 0.880. The molecule has 0 saturated heterocycles. The third-order valence-electron chi connectivity index (χ3n) is 1.52. The van der Waals surface area contributed by atoms with E-state index in [1.165, 1.54) is 27.8 Å². The molecule has 0 heterocycles. The minimum absolute atomic E-state index is 0. The van der Waals surface area contributed by atoms with Gasteiger partial charge in [-0.2, -0.15) is 0 Å². The van der Waals surface area contributed by atoms with Crippen LogP contribution in [0.25, 0.3) is 0 Å². The molecule has 4 heteroatoms. The average molecular weight is 236 g/mol. The summed E-state index contributed by atoms with van der Waals surface area (Å²) in [5.41, 5.74) is 2.51. The molecule has 0 aromatic heterocycles. The predicted molar refractivity (Wildman–Crippen MR) is 61.7 cm³/mol. The van der Waals surface area contributed by atoms with E-state index in [-0.39, 0.29) is 29.6 Å². The van der Waals surface area contributed by atoms with Gasteiger partial charge in [-0.15, -0.1) is 11.8 Å². The number of hydrogen-bond donors (Lipinski definition) is 0. The second kappa shape index (κ2) is 6.38. The zero-order valence-electron chi connectivity index (χ0n) is 7.96. The van der Waals surface area contributed by atoms with Crippen molar-refractivity contribution in [1.29, 1.82) is 0 Å². The summed E-state index contributed by atoms with van der Waals surface area (Å²) >= 11 is 11.2. The third-order valence-corrected chi connectivity index (χ3v) is 2.87. The molecule has 64 valence electrons. The molecule has 0 nitrogen and oxygen atoms in total. The van der Waals surface area contributed by atoms with Crippen molar-refractivity contribution in [2.24, 2.45) is 0 Å². The van der Waals surface area contributed by atoms with E-state index < -0.39 is 0 Å². The monoisotopic (exact) mass is 236 g/mol. The Kier molecular flexibility index (Phi) is 6.81. The minimum Gasteiger partial charge on any atom is -0.422 e. The fourth-order valence-corrected chi connectivity index (χ4v) is 2.08. The Morgan fingerprint density at radius 2 is 2.00 bits per heavy atom. The molecular weight excluding hydrogens is 227 g/mol. The number of benzene rings is 1. The van der Waals surface area contributed by atoms with Gasteiger partial charge < -0.3 is 24.8 Å². The molecule has 0 N–H and O–H groups in total. The molecule has 0 amide bonds. The van der Waals surface area contributed by atoms with Crippen LogP contribution in [0.3, 0.4) is 0 Å². The Bertz CT molecular complexity index is 310. The van der Waals surface area contributed by atoms with Crippen LogP contribution in [0, 0.1) is 13.8 Å². The Labute approximate surface area is 117 Å². The number of thiocarbonyl (C=S) groups is 1. The van der Waals surface area contributed by atoms with Crippen LogP contribution in [0.2, 0.25) is 0 Å². The standard InChI is InChI=1S/C9H10S3.Na/c1-6-3-4-8(7(2)5-6)12-9(10)11;/h3-5H,1-2H3,(H,10,11);/q;+1/p-1. The quantitative estimate of drug-likeness (QED) is 0.297. The topological polar surface area (TPSA) is 0 Å². The van der Waals surface area contributed by atoms with Crippen molar-refractivity contribution >= 4 is 40.1 Å². The van der Waals surface area contributed by atoms with Crippen LogP contribution in [0.1, 0.15) is 11.1 Å². The van der Waals surface area contributed by atoms with E-state index in [0.29, 0.717) is 3.53 Å². The maximum atomic E-state index is 4.85. The number of thioether (sulfide) groups is 1. The molecule has 1 rings (SSSR count). The first-order valence-corrected chi connectivity index (χ1v) is 5.19. The first-order valence-electron chi connectivity index (χ1n) is 3.55. The normalized spacial score (nSPS) is 9.08. The first-order chi connectivity index (χ1) is 5.59. The zero-order valence-corrected chi connectivity index (χ0v) is 12.4. The van der Waals surface area contributed by atoms with Gasteiger partial charge in [-0.1, -0.05) is 21.2 Å². The second-order valence-electron chi connectivity index (χ2n) is 2.62. The van der Waals surface area contributed by atoms with Gasteiger partial charge in [0.05, 0.1) is 0 Å². The molecule has 0 radical (unpaired) electrons.